The van der Waals surface area contributed by atoms with Crippen molar-refractivity contribution < 1.29 is 18.3 Å². The molecule has 0 radical (unpaired) electrons. The number of sulfonamides is 1. The average molecular weight is 370 g/mol. The quantitative estimate of drug-likeness (QED) is 0.711. The molecule has 0 bridgehead atoms. The number of carboxylic acids is 1. The number of aromatic carboxylic acids is 1. The fraction of sp³-hybridized carbons (Fsp3) is 0.158. The molecule has 3 rings (SSSR count). The van der Waals surface area contributed by atoms with Crippen LogP contribution in [0.3, 0.4) is 0 Å². The molecule has 26 heavy (non-hydrogen) atoms. The first-order valence-corrected chi connectivity index (χ1v) is 9.52. The number of anilines is 1. The fourth-order valence-electron chi connectivity index (χ4n) is 2.76. The number of carbonyl (C=O) groups is 1. The van der Waals surface area contributed by atoms with Crippen molar-refractivity contribution in [3.05, 3.63) is 65.9 Å². The topological polar surface area (TPSA) is 96.4 Å². The maximum atomic E-state index is 13.0. The van der Waals surface area contributed by atoms with E-state index >= 15 is 0 Å². The summed E-state index contributed by atoms with van der Waals surface area (Å²) in [6.07, 6.45) is 1.59. The van der Waals surface area contributed by atoms with Gasteiger partial charge in [-0.05, 0) is 35.7 Å². The molecule has 6 nitrogen and oxygen atoms in total. The molecule has 1 aromatic heterocycles. The van der Waals surface area contributed by atoms with Crippen LogP contribution in [-0.2, 0) is 10.0 Å². The lowest BCUT2D eigenvalue weighted by Crippen LogP contribution is -2.17. The van der Waals surface area contributed by atoms with E-state index in [-0.39, 0.29) is 16.4 Å². The highest BCUT2D eigenvalue weighted by Crippen LogP contribution is 2.29. The van der Waals surface area contributed by atoms with Gasteiger partial charge in [-0.3, -0.25) is 9.71 Å². The van der Waals surface area contributed by atoms with Gasteiger partial charge in [-0.2, -0.15) is 0 Å². The SMILES string of the molecule is CC(C)c1ccc(C(=O)O)cc1S(=O)(=O)Nc1cccc2cccnc12. The summed E-state index contributed by atoms with van der Waals surface area (Å²) in [4.78, 5) is 15.5. The number of pyridine rings is 1. The van der Waals surface area contributed by atoms with E-state index < -0.39 is 16.0 Å². The van der Waals surface area contributed by atoms with Gasteiger partial charge in [0.1, 0.15) is 0 Å². The van der Waals surface area contributed by atoms with Crippen molar-refractivity contribution in [2.45, 2.75) is 24.7 Å². The second kappa shape index (κ2) is 6.76. The highest BCUT2D eigenvalue weighted by molar-refractivity contribution is 7.92. The van der Waals surface area contributed by atoms with Crippen molar-refractivity contribution in [1.29, 1.82) is 0 Å². The molecule has 1 heterocycles. The van der Waals surface area contributed by atoms with E-state index in [4.69, 9.17) is 0 Å². The van der Waals surface area contributed by atoms with Gasteiger partial charge in [0.05, 0.1) is 21.7 Å². The largest absolute Gasteiger partial charge is 0.478 e. The van der Waals surface area contributed by atoms with Crippen molar-refractivity contribution in [1.82, 2.24) is 4.98 Å². The molecular weight excluding hydrogens is 352 g/mol. The van der Waals surface area contributed by atoms with Crippen LogP contribution in [-0.4, -0.2) is 24.5 Å². The van der Waals surface area contributed by atoms with E-state index in [9.17, 15) is 18.3 Å². The third kappa shape index (κ3) is 3.39. The van der Waals surface area contributed by atoms with Gasteiger partial charge in [-0.1, -0.05) is 38.1 Å². The van der Waals surface area contributed by atoms with Crippen LogP contribution in [0.4, 0.5) is 5.69 Å². The van der Waals surface area contributed by atoms with Crippen LogP contribution in [0.1, 0.15) is 35.7 Å². The predicted octanol–water partition coefficient (Wildman–Crippen LogP) is 3.86. The summed E-state index contributed by atoms with van der Waals surface area (Å²) in [6, 6.07) is 13.0. The molecule has 2 aromatic carbocycles. The maximum absolute atomic E-state index is 13.0. The van der Waals surface area contributed by atoms with Crippen molar-refractivity contribution >= 4 is 32.6 Å². The molecule has 3 aromatic rings. The van der Waals surface area contributed by atoms with Crippen LogP contribution < -0.4 is 4.72 Å². The third-order valence-electron chi connectivity index (χ3n) is 4.05. The Bertz CT molecular complexity index is 1090. The van der Waals surface area contributed by atoms with Gasteiger partial charge in [0, 0.05) is 11.6 Å². The van der Waals surface area contributed by atoms with Crippen LogP contribution in [0, 0.1) is 0 Å². The Hall–Kier alpha value is -2.93. The van der Waals surface area contributed by atoms with Crippen LogP contribution in [0.2, 0.25) is 0 Å². The molecular formula is C19H18N2O4S. The van der Waals surface area contributed by atoms with Crippen LogP contribution >= 0.6 is 0 Å². The molecule has 0 unspecified atom stereocenters. The molecule has 0 aliphatic rings. The Morgan fingerprint density at radius 1 is 1.12 bits per heavy atom. The standard InChI is InChI=1S/C19H18N2O4S/c1-12(2)15-9-8-14(19(22)23)11-17(15)26(24,25)21-16-7-3-5-13-6-4-10-20-18(13)16/h3-12,21H,1-2H3,(H,22,23). The van der Waals surface area contributed by atoms with Crippen LogP contribution in [0.5, 0.6) is 0 Å². The van der Waals surface area contributed by atoms with Crippen molar-refractivity contribution in [3.8, 4) is 0 Å². The molecule has 0 aliphatic heterocycles. The van der Waals surface area contributed by atoms with Gasteiger partial charge in [-0.15, -0.1) is 0 Å². The average Bonchev–Trinajstić information content (AvgIpc) is 2.61. The van der Waals surface area contributed by atoms with E-state index in [0.717, 1.165) is 5.39 Å². The monoisotopic (exact) mass is 370 g/mol. The summed E-state index contributed by atoms with van der Waals surface area (Å²) < 4.78 is 28.6. The number of nitrogens with zero attached hydrogens (tertiary/aromatic N) is 1. The van der Waals surface area contributed by atoms with Crippen molar-refractivity contribution in [3.63, 3.8) is 0 Å². The van der Waals surface area contributed by atoms with Crippen LogP contribution in [0.15, 0.2) is 59.6 Å². The van der Waals surface area contributed by atoms with Gasteiger partial charge in [-0.25, -0.2) is 13.2 Å². The Morgan fingerprint density at radius 3 is 2.54 bits per heavy atom. The Kier molecular flexibility index (Phi) is 4.65. The zero-order valence-electron chi connectivity index (χ0n) is 14.3. The summed E-state index contributed by atoms with van der Waals surface area (Å²) in [7, 11) is -3.99. The van der Waals surface area contributed by atoms with Gasteiger partial charge in [0.2, 0.25) is 0 Å². The molecule has 0 saturated heterocycles. The van der Waals surface area contributed by atoms with Gasteiger partial charge < -0.3 is 5.11 Å². The number of carboxylic acid groups (broad SMARTS) is 1. The summed E-state index contributed by atoms with van der Waals surface area (Å²) in [5.41, 5.74) is 1.35. The third-order valence-corrected chi connectivity index (χ3v) is 5.47. The zero-order chi connectivity index (χ0) is 18.9. The second-order valence-electron chi connectivity index (χ2n) is 6.20. The fourth-order valence-corrected chi connectivity index (χ4v) is 4.22. The maximum Gasteiger partial charge on any atom is 0.335 e. The van der Waals surface area contributed by atoms with Crippen molar-refractivity contribution in [2.75, 3.05) is 4.72 Å². The van der Waals surface area contributed by atoms with Crippen LogP contribution in [0.25, 0.3) is 10.9 Å². The van der Waals surface area contributed by atoms with E-state index in [0.29, 0.717) is 16.8 Å². The zero-order valence-corrected chi connectivity index (χ0v) is 15.1. The first-order chi connectivity index (χ1) is 12.3. The smallest absolute Gasteiger partial charge is 0.335 e. The number of fused-ring (bicyclic) bond motifs is 1. The number of hydrogen-bond acceptors (Lipinski definition) is 4. The minimum Gasteiger partial charge on any atom is -0.478 e. The number of para-hydroxylation sites is 1. The molecule has 2 N–H and O–H groups in total. The number of nitrogens with one attached hydrogen (secondary N) is 1. The number of aromatic nitrogens is 1. The Labute approximate surface area is 151 Å². The Morgan fingerprint density at radius 2 is 1.85 bits per heavy atom. The lowest BCUT2D eigenvalue weighted by atomic mass is 10.0. The minimum atomic E-state index is -3.99. The van der Waals surface area contributed by atoms with Gasteiger partial charge in [0.15, 0.2) is 0 Å². The van der Waals surface area contributed by atoms with E-state index in [1.165, 1.54) is 12.1 Å². The lowest BCUT2D eigenvalue weighted by Gasteiger charge is -2.16. The molecule has 0 saturated carbocycles. The molecule has 0 fully saturated rings. The normalized spacial score (nSPS) is 11.7. The Balaban J connectivity index is 2.13. The highest BCUT2D eigenvalue weighted by atomic mass is 32.2. The summed E-state index contributed by atoms with van der Waals surface area (Å²) in [5, 5.41) is 10.0. The van der Waals surface area contributed by atoms with Gasteiger partial charge in [0.25, 0.3) is 10.0 Å². The first kappa shape index (κ1) is 17.9. The minimum absolute atomic E-state index is 0.0414. The molecule has 0 atom stereocenters. The first-order valence-electron chi connectivity index (χ1n) is 8.03. The van der Waals surface area contributed by atoms with E-state index in [1.807, 2.05) is 26.0 Å². The highest BCUT2D eigenvalue weighted by Gasteiger charge is 2.23. The predicted molar refractivity (Wildman–Crippen MR) is 100 cm³/mol. The van der Waals surface area contributed by atoms with Gasteiger partial charge >= 0.3 is 5.97 Å². The number of hydrogen-bond donors (Lipinski definition) is 2. The lowest BCUT2D eigenvalue weighted by molar-refractivity contribution is 0.0696. The number of rotatable bonds is 5. The van der Waals surface area contributed by atoms with E-state index in [2.05, 4.69) is 9.71 Å². The molecule has 0 aliphatic carbocycles. The molecule has 0 amide bonds. The number of benzene rings is 2. The van der Waals surface area contributed by atoms with Crippen molar-refractivity contribution in [2.24, 2.45) is 0 Å². The molecule has 7 heteroatoms. The summed E-state index contributed by atoms with van der Waals surface area (Å²) in [6.45, 7) is 3.71. The summed E-state index contributed by atoms with van der Waals surface area (Å²) >= 11 is 0. The van der Waals surface area contributed by atoms with E-state index in [1.54, 1.807) is 30.5 Å². The second-order valence-corrected chi connectivity index (χ2v) is 7.85. The summed E-state index contributed by atoms with van der Waals surface area (Å²) in [5.74, 6) is -1.27. The molecule has 134 valence electrons. The molecule has 0 spiro atoms.